The monoisotopic (exact) mass is 353 g/mol. The number of thioether (sulfide) groups is 1. The fourth-order valence-corrected chi connectivity index (χ4v) is 3.55. The molecule has 8 heteroatoms. The fourth-order valence-electron chi connectivity index (χ4n) is 2.85. The Morgan fingerprint density at radius 3 is 2.92 bits per heavy atom. The van der Waals surface area contributed by atoms with Crippen LogP contribution in [0.1, 0.15) is 38.2 Å². The first kappa shape index (κ1) is 19.0. The Balaban J connectivity index is 2.17. The van der Waals surface area contributed by atoms with Crippen molar-refractivity contribution in [1.29, 1.82) is 0 Å². The van der Waals surface area contributed by atoms with Crippen molar-refractivity contribution in [3.63, 3.8) is 0 Å². The summed E-state index contributed by atoms with van der Waals surface area (Å²) in [5, 5.41) is 15.6. The van der Waals surface area contributed by atoms with E-state index in [0.717, 1.165) is 42.8 Å². The van der Waals surface area contributed by atoms with Gasteiger partial charge < -0.3 is 15.6 Å². The Bertz CT molecular complexity index is 558. The van der Waals surface area contributed by atoms with E-state index in [1.54, 1.807) is 11.8 Å². The first-order valence-electron chi connectivity index (χ1n) is 8.35. The number of aliphatic hydroxyl groups excluding tert-OH is 1. The zero-order valence-electron chi connectivity index (χ0n) is 14.4. The molecule has 1 aliphatic carbocycles. The molecule has 7 nitrogen and oxygen atoms in total. The highest BCUT2D eigenvalue weighted by molar-refractivity contribution is 7.99. The van der Waals surface area contributed by atoms with Crippen molar-refractivity contribution in [2.75, 3.05) is 29.7 Å². The lowest BCUT2D eigenvalue weighted by molar-refractivity contribution is 0.0322. The first-order valence-corrected chi connectivity index (χ1v) is 9.34. The maximum Gasteiger partial charge on any atom is 0.191 e. The predicted molar refractivity (Wildman–Crippen MR) is 98.7 cm³/mol. The van der Waals surface area contributed by atoms with Gasteiger partial charge in [-0.05, 0) is 32.6 Å². The molecule has 1 aliphatic rings. The number of hydrogen-bond donors (Lipinski definition) is 2. The summed E-state index contributed by atoms with van der Waals surface area (Å²) in [4.78, 5) is 9.01. The molecule has 0 radical (unpaired) electrons. The minimum atomic E-state index is 0.0458. The van der Waals surface area contributed by atoms with Gasteiger partial charge in [0, 0.05) is 18.0 Å². The van der Waals surface area contributed by atoms with Gasteiger partial charge in [0.1, 0.15) is 5.82 Å². The van der Waals surface area contributed by atoms with Crippen LogP contribution in [-0.4, -0.2) is 52.9 Å². The highest BCUT2D eigenvalue weighted by Gasteiger charge is 2.32. The third kappa shape index (κ3) is 4.58. The molecule has 0 spiro atoms. The second-order valence-corrected chi connectivity index (χ2v) is 6.92. The van der Waals surface area contributed by atoms with Gasteiger partial charge in [-0.15, -0.1) is 0 Å². The SMILES string of the molecule is C=NN(c1nc(SCCC)nc(N)c1C)C1CCC(OCCO)C1. The molecule has 2 unspecified atom stereocenters. The number of anilines is 2. The predicted octanol–water partition coefficient (Wildman–Crippen LogP) is 2.22. The van der Waals surface area contributed by atoms with Gasteiger partial charge in [-0.2, -0.15) is 5.10 Å². The summed E-state index contributed by atoms with van der Waals surface area (Å²) < 4.78 is 5.64. The molecule has 2 rings (SSSR count). The second-order valence-electron chi connectivity index (χ2n) is 5.86. The summed E-state index contributed by atoms with van der Waals surface area (Å²) in [6.45, 7) is 8.16. The number of nitrogens with zero attached hydrogens (tertiary/aromatic N) is 4. The van der Waals surface area contributed by atoms with Crippen LogP contribution >= 0.6 is 11.8 Å². The number of nitrogens with two attached hydrogens (primary N) is 1. The molecular formula is C16H27N5O2S. The second kappa shape index (κ2) is 9.19. The highest BCUT2D eigenvalue weighted by atomic mass is 32.2. The Morgan fingerprint density at radius 2 is 2.25 bits per heavy atom. The minimum absolute atomic E-state index is 0.0458. The summed E-state index contributed by atoms with van der Waals surface area (Å²) >= 11 is 1.60. The fraction of sp³-hybridized carbons (Fsp3) is 0.688. The lowest BCUT2D eigenvalue weighted by Gasteiger charge is -2.26. The quantitative estimate of drug-likeness (QED) is 0.304. The van der Waals surface area contributed by atoms with Gasteiger partial charge in [0.2, 0.25) is 0 Å². The van der Waals surface area contributed by atoms with Gasteiger partial charge in [-0.1, -0.05) is 18.7 Å². The Labute approximate surface area is 147 Å². The molecule has 1 fully saturated rings. The maximum absolute atomic E-state index is 8.90. The Morgan fingerprint density at radius 1 is 1.46 bits per heavy atom. The molecule has 3 N–H and O–H groups in total. The number of nitrogen functional groups attached to an aromatic ring is 1. The molecule has 1 aromatic heterocycles. The average Bonchev–Trinajstić information content (AvgIpc) is 3.04. The molecule has 24 heavy (non-hydrogen) atoms. The van der Waals surface area contributed by atoms with E-state index in [1.807, 2.05) is 11.9 Å². The molecule has 0 saturated heterocycles. The van der Waals surface area contributed by atoms with Crippen molar-refractivity contribution < 1.29 is 9.84 Å². The van der Waals surface area contributed by atoms with E-state index < -0.39 is 0 Å². The zero-order chi connectivity index (χ0) is 17.5. The third-order valence-corrected chi connectivity index (χ3v) is 5.14. The van der Waals surface area contributed by atoms with Gasteiger partial charge in [0.05, 0.1) is 25.4 Å². The molecule has 0 aromatic carbocycles. The van der Waals surface area contributed by atoms with E-state index in [2.05, 4.69) is 28.7 Å². The zero-order valence-corrected chi connectivity index (χ0v) is 15.3. The van der Waals surface area contributed by atoms with E-state index in [4.69, 9.17) is 15.6 Å². The third-order valence-electron chi connectivity index (χ3n) is 4.09. The molecule has 0 amide bonds. The van der Waals surface area contributed by atoms with Crippen LogP contribution < -0.4 is 10.7 Å². The van der Waals surface area contributed by atoms with Crippen molar-refractivity contribution in [3.8, 4) is 0 Å². The smallest absolute Gasteiger partial charge is 0.191 e. The van der Waals surface area contributed by atoms with Crippen LogP contribution in [0.15, 0.2) is 10.3 Å². The topological polar surface area (TPSA) is 96.9 Å². The van der Waals surface area contributed by atoms with Crippen molar-refractivity contribution in [2.24, 2.45) is 5.10 Å². The summed E-state index contributed by atoms with van der Waals surface area (Å²) in [6.07, 6.45) is 3.90. The van der Waals surface area contributed by atoms with E-state index in [-0.39, 0.29) is 18.8 Å². The number of rotatable bonds is 9. The first-order chi connectivity index (χ1) is 11.6. The highest BCUT2D eigenvalue weighted by Crippen LogP contribution is 2.33. The van der Waals surface area contributed by atoms with Crippen molar-refractivity contribution in [3.05, 3.63) is 5.56 Å². The molecule has 1 saturated carbocycles. The molecule has 1 heterocycles. The molecule has 2 atom stereocenters. The van der Waals surface area contributed by atoms with Gasteiger partial charge in [0.25, 0.3) is 0 Å². The number of hydrazone groups is 1. The molecular weight excluding hydrogens is 326 g/mol. The van der Waals surface area contributed by atoms with Crippen molar-refractivity contribution in [2.45, 2.75) is 56.8 Å². The van der Waals surface area contributed by atoms with Gasteiger partial charge in [-0.25, -0.2) is 15.0 Å². The van der Waals surface area contributed by atoms with E-state index >= 15 is 0 Å². The van der Waals surface area contributed by atoms with Crippen molar-refractivity contribution >= 4 is 30.1 Å². The molecule has 134 valence electrons. The van der Waals surface area contributed by atoms with Crippen LogP contribution in [-0.2, 0) is 4.74 Å². The Hall–Kier alpha value is -1.38. The number of aliphatic hydroxyl groups is 1. The average molecular weight is 353 g/mol. The van der Waals surface area contributed by atoms with E-state index in [1.165, 1.54) is 0 Å². The van der Waals surface area contributed by atoms with E-state index in [9.17, 15) is 0 Å². The minimum Gasteiger partial charge on any atom is -0.394 e. The lowest BCUT2D eigenvalue weighted by Crippen LogP contribution is -2.31. The van der Waals surface area contributed by atoms with Crippen molar-refractivity contribution in [1.82, 2.24) is 9.97 Å². The molecule has 1 aromatic rings. The van der Waals surface area contributed by atoms with Crippen LogP contribution in [0.3, 0.4) is 0 Å². The normalized spacial score (nSPS) is 20.3. The molecule has 0 aliphatic heterocycles. The van der Waals surface area contributed by atoms with Gasteiger partial charge >= 0.3 is 0 Å². The van der Waals surface area contributed by atoms with Gasteiger partial charge in [0.15, 0.2) is 11.0 Å². The maximum atomic E-state index is 8.90. The molecule has 0 bridgehead atoms. The largest absolute Gasteiger partial charge is 0.394 e. The van der Waals surface area contributed by atoms with E-state index in [0.29, 0.717) is 17.6 Å². The summed E-state index contributed by atoms with van der Waals surface area (Å²) in [5.74, 6) is 2.16. The number of hydrogen-bond acceptors (Lipinski definition) is 8. The van der Waals surface area contributed by atoms with Gasteiger partial charge in [-0.3, -0.25) is 0 Å². The summed E-state index contributed by atoms with van der Waals surface area (Å²) in [5.41, 5.74) is 6.89. The van der Waals surface area contributed by atoms with Crippen LogP contribution in [0.4, 0.5) is 11.6 Å². The summed E-state index contributed by atoms with van der Waals surface area (Å²) in [7, 11) is 0. The van der Waals surface area contributed by atoms with Crippen LogP contribution in [0, 0.1) is 6.92 Å². The van der Waals surface area contributed by atoms with Crippen LogP contribution in [0.2, 0.25) is 0 Å². The Kier molecular flexibility index (Phi) is 7.26. The number of ether oxygens (including phenoxy) is 1. The summed E-state index contributed by atoms with van der Waals surface area (Å²) in [6, 6.07) is 0.170. The standard InChI is InChI=1S/C16H27N5O2S/c1-4-9-24-16-19-14(17)11(2)15(20-16)21(18-3)12-5-6-13(10-12)23-8-7-22/h12-13,22H,3-10H2,1-2H3,(H2,17,19,20). The number of aromatic nitrogens is 2. The van der Waals surface area contributed by atoms with Crippen LogP contribution in [0.25, 0.3) is 0 Å². The lowest BCUT2D eigenvalue weighted by atomic mass is 10.2. The van der Waals surface area contributed by atoms with Crippen LogP contribution in [0.5, 0.6) is 0 Å².